The first kappa shape index (κ1) is 20.6. The molecule has 0 radical (unpaired) electrons. The van der Waals surface area contributed by atoms with Gasteiger partial charge in [-0.05, 0) is 36.4 Å². The molecule has 0 N–H and O–H groups in total. The summed E-state index contributed by atoms with van der Waals surface area (Å²) in [7, 11) is 1.63. The maximum absolute atomic E-state index is 12.9. The number of Topliss-reactive ketones (excluding diaryl/α,β-unsaturated/α-hetero) is 1. The Kier molecular flexibility index (Phi) is 5.59. The van der Waals surface area contributed by atoms with Crippen LogP contribution >= 0.6 is 15.9 Å². The summed E-state index contributed by atoms with van der Waals surface area (Å²) < 4.78 is 29.0. The van der Waals surface area contributed by atoms with Crippen molar-refractivity contribution in [2.45, 2.75) is 13.2 Å². The Morgan fingerprint density at radius 1 is 1.12 bits per heavy atom. The van der Waals surface area contributed by atoms with Crippen LogP contribution < -0.4 is 18.9 Å². The van der Waals surface area contributed by atoms with E-state index in [9.17, 15) is 4.79 Å². The van der Waals surface area contributed by atoms with Gasteiger partial charge in [0.25, 0.3) is 0 Å². The average Bonchev–Trinajstić information content (AvgIpc) is 3.12. The fraction of sp³-hybridized carbons (Fsp3) is 0.160. The van der Waals surface area contributed by atoms with Crippen LogP contribution in [-0.4, -0.2) is 19.7 Å². The average molecular weight is 495 g/mol. The molecule has 162 valence electrons. The third-order valence-corrected chi connectivity index (χ3v) is 5.68. The summed E-state index contributed by atoms with van der Waals surface area (Å²) in [5.74, 6) is 2.57. The lowest BCUT2D eigenvalue weighted by atomic mass is 10.1. The van der Waals surface area contributed by atoms with E-state index >= 15 is 0 Å². The Morgan fingerprint density at radius 2 is 2.00 bits per heavy atom. The Bertz CT molecular complexity index is 1230. The topological polar surface area (TPSA) is 63.2 Å². The van der Waals surface area contributed by atoms with Crippen molar-refractivity contribution >= 4 is 27.8 Å². The highest BCUT2D eigenvalue weighted by Gasteiger charge is 2.28. The van der Waals surface area contributed by atoms with Crippen LogP contribution in [0.5, 0.6) is 23.0 Å². The predicted molar refractivity (Wildman–Crippen MR) is 121 cm³/mol. The normalized spacial score (nSPS) is 15.6. The Morgan fingerprint density at radius 3 is 2.88 bits per heavy atom. The number of hydrogen-bond donors (Lipinski definition) is 0. The SMILES string of the molecule is COc1ccccc1COc1ccc2c(c1)O/C(=C\c1cc(Br)cc3c1OCOC3)C2=O. The molecule has 0 aromatic heterocycles. The number of ketones is 1. The van der Waals surface area contributed by atoms with E-state index in [1.54, 1.807) is 31.4 Å². The van der Waals surface area contributed by atoms with E-state index in [1.807, 2.05) is 36.4 Å². The van der Waals surface area contributed by atoms with Gasteiger partial charge in [-0.1, -0.05) is 34.1 Å². The summed E-state index contributed by atoms with van der Waals surface area (Å²) in [6, 6.07) is 16.7. The van der Waals surface area contributed by atoms with Crippen molar-refractivity contribution in [2.75, 3.05) is 13.9 Å². The van der Waals surface area contributed by atoms with E-state index in [-0.39, 0.29) is 18.3 Å². The molecule has 0 spiro atoms. The minimum Gasteiger partial charge on any atom is -0.496 e. The van der Waals surface area contributed by atoms with Gasteiger partial charge >= 0.3 is 0 Å². The molecule has 2 aliphatic rings. The molecule has 0 saturated carbocycles. The first-order valence-corrected chi connectivity index (χ1v) is 10.8. The van der Waals surface area contributed by atoms with Gasteiger partial charge in [-0.2, -0.15) is 0 Å². The molecule has 2 aliphatic heterocycles. The van der Waals surface area contributed by atoms with Crippen molar-refractivity contribution in [1.82, 2.24) is 0 Å². The van der Waals surface area contributed by atoms with Crippen molar-refractivity contribution in [3.05, 3.63) is 87.1 Å². The maximum atomic E-state index is 12.9. The third-order valence-electron chi connectivity index (χ3n) is 5.22. The number of halogens is 1. The van der Waals surface area contributed by atoms with Crippen molar-refractivity contribution in [3.63, 3.8) is 0 Å². The minimum absolute atomic E-state index is 0.173. The minimum atomic E-state index is -0.183. The number of allylic oxidation sites excluding steroid dienone is 1. The zero-order chi connectivity index (χ0) is 22.1. The second-order valence-electron chi connectivity index (χ2n) is 7.29. The lowest BCUT2D eigenvalue weighted by molar-refractivity contribution is -0.0165. The highest BCUT2D eigenvalue weighted by atomic mass is 79.9. The zero-order valence-electron chi connectivity index (χ0n) is 17.2. The van der Waals surface area contributed by atoms with E-state index in [0.717, 1.165) is 26.9 Å². The first-order valence-electron chi connectivity index (χ1n) is 9.98. The molecule has 0 saturated heterocycles. The maximum Gasteiger partial charge on any atom is 0.231 e. The highest BCUT2D eigenvalue weighted by molar-refractivity contribution is 9.10. The molecular weight excluding hydrogens is 476 g/mol. The van der Waals surface area contributed by atoms with Crippen molar-refractivity contribution in [2.24, 2.45) is 0 Å². The van der Waals surface area contributed by atoms with Gasteiger partial charge in [-0.3, -0.25) is 4.79 Å². The van der Waals surface area contributed by atoms with Gasteiger partial charge in [0, 0.05) is 27.2 Å². The van der Waals surface area contributed by atoms with Gasteiger partial charge in [0.15, 0.2) is 12.6 Å². The number of rotatable bonds is 5. The number of methoxy groups -OCH3 is 1. The van der Waals surface area contributed by atoms with E-state index in [0.29, 0.717) is 36.0 Å². The first-order chi connectivity index (χ1) is 15.6. The van der Waals surface area contributed by atoms with Crippen LogP contribution in [0.15, 0.2) is 64.8 Å². The second-order valence-corrected chi connectivity index (χ2v) is 8.21. The van der Waals surface area contributed by atoms with E-state index in [2.05, 4.69) is 15.9 Å². The quantitative estimate of drug-likeness (QED) is 0.435. The molecule has 32 heavy (non-hydrogen) atoms. The summed E-state index contributed by atoms with van der Waals surface area (Å²) in [4.78, 5) is 12.9. The van der Waals surface area contributed by atoms with Gasteiger partial charge in [-0.15, -0.1) is 0 Å². The van der Waals surface area contributed by atoms with Crippen molar-refractivity contribution in [1.29, 1.82) is 0 Å². The van der Waals surface area contributed by atoms with Crippen LogP contribution in [0.4, 0.5) is 0 Å². The summed E-state index contributed by atoms with van der Waals surface area (Å²) >= 11 is 3.50. The van der Waals surface area contributed by atoms with Gasteiger partial charge < -0.3 is 23.7 Å². The Labute approximate surface area is 193 Å². The van der Waals surface area contributed by atoms with Gasteiger partial charge in [0.2, 0.25) is 5.78 Å². The molecule has 3 aromatic carbocycles. The van der Waals surface area contributed by atoms with E-state index in [4.69, 9.17) is 23.7 Å². The molecule has 0 atom stereocenters. The summed E-state index contributed by atoms with van der Waals surface area (Å²) in [5.41, 5.74) is 3.08. The smallest absolute Gasteiger partial charge is 0.231 e. The van der Waals surface area contributed by atoms with Crippen LogP contribution in [-0.2, 0) is 18.0 Å². The molecule has 2 heterocycles. The highest BCUT2D eigenvalue weighted by Crippen LogP contribution is 2.38. The van der Waals surface area contributed by atoms with Crippen LogP contribution in [0.25, 0.3) is 6.08 Å². The Hall–Kier alpha value is -3.29. The van der Waals surface area contributed by atoms with Crippen LogP contribution in [0, 0.1) is 0 Å². The fourth-order valence-corrected chi connectivity index (χ4v) is 4.22. The number of carbonyl (C=O) groups is 1. The number of hydrogen-bond acceptors (Lipinski definition) is 6. The number of para-hydroxylation sites is 1. The van der Waals surface area contributed by atoms with Crippen LogP contribution in [0.2, 0.25) is 0 Å². The molecule has 3 aromatic rings. The third kappa shape index (κ3) is 3.97. The molecule has 0 bridgehead atoms. The molecule has 6 nitrogen and oxygen atoms in total. The van der Waals surface area contributed by atoms with E-state index in [1.165, 1.54) is 0 Å². The number of ether oxygens (including phenoxy) is 5. The van der Waals surface area contributed by atoms with Gasteiger partial charge in [-0.25, -0.2) is 0 Å². The molecular formula is C25H19BrO6. The molecule has 0 unspecified atom stereocenters. The molecule has 0 amide bonds. The van der Waals surface area contributed by atoms with Gasteiger partial charge in [0.1, 0.15) is 29.6 Å². The Balaban J connectivity index is 1.38. The van der Waals surface area contributed by atoms with Crippen LogP contribution in [0.3, 0.4) is 0 Å². The lowest BCUT2D eigenvalue weighted by Gasteiger charge is -2.20. The monoisotopic (exact) mass is 494 g/mol. The molecule has 0 fully saturated rings. The summed E-state index contributed by atoms with van der Waals surface area (Å²) in [5, 5.41) is 0. The largest absolute Gasteiger partial charge is 0.496 e. The zero-order valence-corrected chi connectivity index (χ0v) is 18.8. The summed E-state index contributed by atoms with van der Waals surface area (Å²) in [6.45, 7) is 0.961. The van der Waals surface area contributed by atoms with Crippen molar-refractivity contribution < 1.29 is 28.5 Å². The predicted octanol–water partition coefficient (Wildman–Crippen LogP) is 5.52. The molecule has 7 heteroatoms. The number of fused-ring (bicyclic) bond motifs is 2. The van der Waals surface area contributed by atoms with Gasteiger partial charge in [0.05, 0.1) is 19.3 Å². The number of benzene rings is 3. The summed E-state index contributed by atoms with van der Waals surface area (Å²) in [6.07, 6.45) is 1.70. The standard InChI is InChI=1S/C25H19BrO6/c1-28-21-5-3-2-4-15(21)13-30-19-6-7-20-22(11-19)32-23(24(20)27)10-16-8-18(26)9-17-12-29-14-31-25(16)17/h2-11H,12-14H2,1H3/b23-10-. The van der Waals surface area contributed by atoms with Crippen LogP contribution in [0.1, 0.15) is 27.0 Å². The molecule has 0 aliphatic carbocycles. The molecule has 5 rings (SSSR count). The second kappa shape index (κ2) is 8.68. The fourth-order valence-electron chi connectivity index (χ4n) is 3.70. The number of carbonyl (C=O) groups excluding carboxylic acids is 1. The van der Waals surface area contributed by atoms with Crippen molar-refractivity contribution in [3.8, 4) is 23.0 Å². The van der Waals surface area contributed by atoms with E-state index < -0.39 is 0 Å². The lowest BCUT2D eigenvalue weighted by Crippen LogP contribution is -2.12.